The zero-order valence-electron chi connectivity index (χ0n) is 12.2. The fraction of sp³-hybridized carbons (Fsp3) is 0.500. The van der Waals surface area contributed by atoms with E-state index >= 15 is 0 Å². The van der Waals surface area contributed by atoms with Crippen LogP contribution >= 0.6 is 0 Å². The number of alkyl halides is 3. The van der Waals surface area contributed by atoms with Gasteiger partial charge >= 0.3 is 18.1 Å². The Hall–Kier alpha value is -2.12. The first kappa shape index (κ1) is 17.9. The van der Waals surface area contributed by atoms with Crippen LogP contribution in [-0.4, -0.2) is 30.1 Å². The van der Waals surface area contributed by atoms with E-state index in [0.29, 0.717) is 6.07 Å². The summed E-state index contributed by atoms with van der Waals surface area (Å²) < 4.78 is 47.6. The Kier molecular flexibility index (Phi) is 6.33. The maximum absolute atomic E-state index is 12.7. The van der Waals surface area contributed by atoms with Gasteiger partial charge in [0, 0.05) is 6.42 Å². The molecule has 1 aromatic heterocycles. The van der Waals surface area contributed by atoms with E-state index in [4.69, 9.17) is 9.47 Å². The van der Waals surface area contributed by atoms with Crippen molar-refractivity contribution in [2.75, 3.05) is 13.2 Å². The molecule has 0 unspecified atom stereocenters. The van der Waals surface area contributed by atoms with Gasteiger partial charge in [0.15, 0.2) is 0 Å². The minimum Gasteiger partial charge on any atom is -0.466 e. The molecule has 0 amide bonds. The van der Waals surface area contributed by atoms with Crippen LogP contribution in [-0.2, 0) is 26.9 Å². The third-order valence-corrected chi connectivity index (χ3v) is 2.63. The van der Waals surface area contributed by atoms with Crippen molar-refractivity contribution in [3.05, 3.63) is 29.1 Å². The SMILES string of the molecule is CCOC(=O)CCc1nc(C(F)(F)F)ccc1C(=O)OCC. The Balaban J connectivity index is 3.06. The van der Waals surface area contributed by atoms with Crippen molar-refractivity contribution in [3.8, 4) is 0 Å². The first-order chi connectivity index (χ1) is 10.3. The molecule has 0 aromatic carbocycles. The third kappa shape index (κ3) is 5.01. The Bertz CT molecular complexity index is 543. The van der Waals surface area contributed by atoms with Gasteiger partial charge in [-0.3, -0.25) is 4.79 Å². The van der Waals surface area contributed by atoms with Crippen LogP contribution in [0.25, 0.3) is 0 Å². The monoisotopic (exact) mass is 319 g/mol. The lowest BCUT2D eigenvalue weighted by molar-refractivity contribution is -0.143. The third-order valence-electron chi connectivity index (χ3n) is 2.63. The van der Waals surface area contributed by atoms with Crippen molar-refractivity contribution < 1.29 is 32.2 Å². The van der Waals surface area contributed by atoms with Gasteiger partial charge in [-0.15, -0.1) is 0 Å². The number of ether oxygens (including phenoxy) is 2. The number of esters is 2. The number of aromatic nitrogens is 1. The molecule has 1 aromatic rings. The minimum atomic E-state index is -4.63. The summed E-state index contributed by atoms with van der Waals surface area (Å²) >= 11 is 0. The van der Waals surface area contributed by atoms with Crippen molar-refractivity contribution in [2.24, 2.45) is 0 Å². The van der Waals surface area contributed by atoms with Gasteiger partial charge in [0.05, 0.1) is 30.9 Å². The lowest BCUT2D eigenvalue weighted by Gasteiger charge is -2.12. The molecule has 1 heterocycles. The molecule has 0 saturated carbocycles. The summed E-state index contributed by atoms with van der Waals surface area (Å²) in [6.45, 7) is 3.44. The van der Waals surface area contributed by atoms with E-state index in [-0.39, 0.29) is 37.3 Å². The maximum atomic E-state index is 12.7. The molecule has 1 rings (SSSR count). The molecule has 0 fully saturated rings. The van der Waals surface area contributed by atoms with Gasteiger partial charge in [-0.25, -0.2) is 9.78 Å². The van der Waals surface area contributed by atoms with Gasteiger partial charge in [-0.05, 0) is 26.0 Å². The highest BCUT2D eigenvalue weighted by atomic mass is 19.4. The van der Waals surface area contributed by atoms with E-state index in [9.17, 15) is 22.8 Å². The van der Waals surface area contributed by atoms with Crippen LogP contribution in [0.2, 0.25) is 0 Å². The molecule has 8 heteroatoms. The number of halogens is 3. The van der Waals surface area contributed by atoms with Gasteiger partial charge in [-0.2, -0.15) is 13.2 Å². The predicted octanol–water partition coefficient (Wildman–Crippen LogP) is 2.77. The highest BCUT2D eigenvalue weighted by molar-refractivity contribution is 5.90. The highest BCUT2D eigenvalue weighted by Gasteiger charge is 2.33. The van der Waals surface area contributed by atoms with E-state index in [0.717, 1.165) is 6.07 Å². The molecule has 0 radical (unpaired) electrons. The number of rotatable bonds is 6. The first-order valence-corrected chi connectivity index (χ1v) is 6.69. The average molecular weight is 319 g/mol. The first-order valence-electron chi connectivity index (χ1n) is 6.69. The van der Waals surface area contributed by atoms with Crippen LogP contribution < -0.4 is 0 Å². The Labute approximate surface area is 125 Å². The van der Waals surface area contributed by atoms with Crippen molar-refractivity contribution in [1.29, 1.82) is 0 Å². The molecule has 0 atom stereocenters. The smallest absolute Gasteiger partial charge is 0.433 e. The number of pyridine rings is 1. The number of hydrogen-bond acceptors (Lipinski definition) is 5. The Morgan fingerprint density at radius 2 is 1.77 bits per heavy atom. The largest absolute Gasteiger partial charge is 0.466 e. The van der Waals surface area contributed by atoms with Crippen molar-refractivity contribution >= 4 is 11.9 Å². The second-order valence-electron chi connectivity index (χ2n) is 4.21. The predicted molar refractivity (Wildman–Crippen MR) is 70.1 cm³/mol. The van der Waals surface area contributed by atoms with E-state index in [1.807, 2.05) is 0 Å². The molecule has 0 aliphatic rings. The zero-order chi connectivity index (χ0) is 16.8. The summed E-state index contributed by atoms with van der Waals surface area (Å²) in [6.07, 6.45) is -4.95. The fourth-order valence-electron chi connectivity index (χ4n) is 1.70. The van der Waals surface area contributed by atoms with Crippen LogP contribution in [0.1, 0.15) is 42.0 Å². The van der Waals surface area contributed by atoms with Crippen LogP contribution in [0.4, 0.5) is 13.2 Å². The number of carbonyl (C=O) groups is 2. The van der Waals surface area contributed by atoms with Gasteiger partial charge in [-0.1, -0.05) is 0 Å². The second-order valence-corrected chi connectivity index (χ2v) is 4.21. The molecule has 0 saturated heterocycles. The molecular formula is C14H16F3NO4. The molecule has 0 bridgehead atoms. The molecule has 22 heavy (non-hydrogen) atoms. The maximum Gasteiger partial charge on any atom is 0.433 e. The molecule has 122 valence electrons. The molecule has 0 aliphatic heterocycles. The molecule has 5 nitrogen and oxygen atoms in total. The van der Waals surface area contributed by atoms with Gasteiger partial charge < -0.3 is 9.47 Å². The van der Waals surface area contributed by atoms with Crippen LogP contribution in [0, 0.1) is 0 Å². The highest BCUT2D eigenvalue weighted by Crippen LogP contribution is 2.28. The Morgan fingerprint density at radius 3 is 2.32 bits per heavy atom. The lowest BCUT2D eigenvalue weighted by Crippen LogP contribution is -2.16. The van der Waals surface area contributed by atoms with E-state index in [1.54, 1.807) is 13.8 Å². The van der Waals surface area contributed by atoms with E-state index in [2.05, 4.69) is 4.98 Å². The van der Waals surface area contributed by atoms with Crippen molar-refractivity contribution in [3.63, 3.8) is 0 Å². The zero-order valence-corrected chi connectivity index (χ0v) is 12.2. The van der Waals surface area contributed by atoms with Gasteiger partial charge in [0.1, 0.15) is 5.69 Å². The topological polar surface area (TPSA) is 65.5 Å². The lowest BCUT2D eigenvalue weighted by atomic mass is 10.1. The summed E-state index contributed by atoms with van der Waals surface area (Å²) in [4.78, 5) is 26.5. The minimum absolute atomic E-state index is 0.0805. The van der Waals surface area contributed by atoms with Crippen LogP contribution in [0.5, 0.6) is 0 Å². The van der Waals surface area contributed by atoms with E-state index in [1.165, 1.54) is 0 Å². The normalized spacial score (nSPS) is 11.1. The summed E-state index contributed by atoms with van der Waals surface area (Å²) in [5.74, 6) is -1.35. The standard InChI is InChI=1S/C14H16F3NO4/c1-3-21-12(19)8-6-10-9(13(20)22-4-2)5-7-11(18-10)14(15,16)17/h5,7H,3-4,6,8H2,1-2H3. The number of hydrogen-bond donors (Lipinski definition) is 0. The van der Waals surface area contributed by atoms with Crippen molar-refractivity contribution in [2.45, 2.75) is 32.9 Å². The summed E-state index contributed by atoms with van der Waals surface area (Å²) in [6, 6.07) is 1.72. The Morgan fingerprint density at radius 1 is 1.14 bits per heavy atom. The second kappa shape index (κ2) is 7.77. The molecule has 0 spiro atoms. The summed E-state index contributed by atoms with van der Waals surface area (Å²) in [7, 11) is 0. The van der Waals surface area contributed by atoms with Crippen molar-refractivity contribution in [1.82, 2.24) is 4.98 Å². The molecule has 0 N–H and O–H groups in total. The molecule has 0 aliphatic carbocycles. The number of aryl methyl sites for hydroxylation is 1. The van der Waals surface area contributed by atoms with Crippen LogP contribution in [0.15, 0.2) is 12.1 Å². The van der Waals surface area contributed by atoms with Gasteiger partial charge in [0.25, 0.3) is 0 Å². The fourth-order valence-corrected chi connectivity index (χ4v) is 1.70. The number of nitrogens with zero attached hydrogens (tertiary/aromatic N) is 1. The number of carbonyl (C=O) groups excluding carboxylic acids is 2. The van der Waals surface area contributed by atoms with Gasteiger partial charge in [0.2, 0.25) is 0 Å². The van der Waals surface area contributed by atoms with Crippen LogP contribution in [0.3, 0.4) is 0 Å². The molecular weight excluding hydrogens is 303 g/mol. The summed E-state index contributed by atoms with van der Waals surface area (Å²) in [5, 5.41) is 0. The average Bonchev–Trinajstić information content (AvgIpc) is 2.44. The van der Waals surface area contributed by atoms with E-state index < -0.39 is 23.8 Å². The quantitative estimate of drug-likeness (QED) is 0.754. The summed E-state index contributed by atoms with van der Waals surface area (Å²) in [5.41, 5.74) is -1.35.